The van der Waals surface area contributed by atoms with Crippen LogP contribution in [-0.2, 0) is 4.74 Å². The lowest BCUT2D eigenvalue weighted by molar-refractivity contribution is -0.0315. The summed E-state index contributed by atoms with van der Waals surface area (Å²) in [5.74, 6) is 0. The Morgan fingerprint density at radius 3 is 2.89 bits per heavy atom. The number of benzene rings is 1. The molecule has 0 bridgehead atoms. The molecule has 0 saturated carbocycles. The van der Waals surface area contributed by atoms with Crippen molar-refractivity contribution < 1.29 is 4.74 Å². The third kappa shape index (κ3) is 3.71. The fourth-order valence-corrected chi connectivity index (χ4v) is 2.50. The second-order valence-corrected chi connectivity index (χ2v) is 5.71. The molecule has 1 unspecified atom stereocenters. The number of hydrogen-bond acceptors (Lipinski definition) is 3. The standard InChI is InChI=1S/C16H26N2O/c1-12(2)18-8-9-19-15(11-18)10-17-16-7-5-6-13(3)14(16)4/h5-7,12,15,17H,8-11H2,1-4H3. The summed E-state index contributed by atoms with van der Waals surface area (Å²) in [6, 6.07) is 7.00. The number of aryl methyl sites for hydroxylation is 1. The van der Waals surface area contributed by atoms with E-state index >= 15 is 0 Å². The third-order valence-corrected chi connectivity index (χ3v) is 4.03. The second-order valence-electron chi connectivity index (χ2n) is 5.71. The molecular formula is C16H26N2O. The molecule has 1 N–H and O–H groups in total. The van der Waals surface area contributed by atoms with E-state index in [1.54, 1.807) is 0 Å². The van der Waals surface area contributed by atoms with Gasteiger partial charge >= 0.3 is 0 Å². The molecule has 3 heteroatoms. The van der Waals surface area contributed by atoms with Gasteiger partial charge in [0.1, 0.15) is 0 Å². The summed E-state index contributed by atoms with van der Waals surface area (Å²) < 4.78 is 5.85. The molecule has 0 spiro atoms. The summed E-state index contributed by atoms with van der Waals surface area (Å²) in [7, 11) is 0. The minimum atomic E-state index is 0.288. The Hall–Kier alpha value is -1.06. The smallest absolute Gasteiger partial charge is 0.0874 e. The zero-order valence-corrected chi connectivity index (χ0v) is 12.6. The molecule has 106 valence electrons. The molecule has 1 heterocycles. The van der Waals surface area contributed by atoms with Crippen molar-refractivity contribution in [1.82, 2.24) is 4.90 Å². The molecule has 1 saturated heterocycles. The summed E-state index contributed by atoms with van der Waals surface area (Å²) >= 11 is 0. The van der Waals surface area contributed by atoms with Crippen LogP contribution in [0.1, 0.15) is 25.0 Å². The van der Waals surface area contributed by atoms with Crippen LogP contribution in [0, 0.1) is 13.8 Å². The van der Waals surface area contributed by atoms with Gasteiger partial charge in [-0.05, 0) is 44.9 Å². The molecule has 19 heavy (non-hydrogen) atoms. The molecule has 1 aromatic rings. The topological polar surface area (TPSA) is 24.5 Å². The largest absolute Gasteiger partial charge is 0.382 e. The zero-order chi connectivity index (χ0) is 13.8. The maximum atomic E-state index is 5.85. The van der Waals surface area contributed by atoms with E-state index < -0.39 is 0 Å². The minimum Gasteiger partial charge on any atom is -0.382 e. The van der Waals surface area contributed by atoms with Gasteiger partial charge in [0, 0.05) is 31.4 Å². The van der Waals surface area contributed by atoms with E-state index in [0.717, 1.165) is 26.2 Å². The molecule has 1 atom stereocenters. The van der Waals surface area contributed by atoms with Crippen molar-refractivity contribution in [2.45, 2.75) is 39.8 Å². The predicted molar refractivity (Wildman–Crippen MR) is 80.9 cm³/mol. The Kier molecular flexibility index (Phi) is 4.83. The van der Waals surface area contributed by atoms with Crippen molar-refractivity contribution >= 4 is 5.69 Å². The molecule has 1 aliphatic heterocycles. The van der Waals surface area contributed by atoms with Gasteiger partial charge in [-0.2, -0.15) is 0 Å². The number of nitrogens with zero attached hydrogens (tertiary/aromatic N) is 1. The van der Waals surface area contributed by atoms with Crippen LogP contribution in [0.4, 0.5) is 5.69 Å². The van der Waals surface area contributed by atoms with Gasteiger partial charge in [-0.15, -0.1) is 0 Å². The van der Waals surface area contributed by atoms with Crippen LogP contribution >= 0.6 is 0 Å². The normalized spacial score (nSPS) is 20.8. The fourth-order valence-electron chi connectivity index (χ4n) is 2.50. The van der Waals surface area contributed by atoms with Crippen molar-refractivity contribution in [3.63, 3.8) is 0 Å². The van der Waals surface area contributed by atoms with Gasteiger partial charge in [-0.3, -0.25) is 4.90 Å². The highest BCUT2D eigenvalue weighted by Crippen LogP contribution is 2.18. The molecule has 1 aliphatic rings. The highest BCUT2D eigenvalue weighted by molar-refractivity contribution is 5.53. The fraction of sp³-hybridized carbons (Fsp3) is 0.625. The summed E-state index contributed by atoms with van der Waals surface area (Å²) in [6.45, 7) is 12.6. The molecule has 2 rings (SSSR count). The van der Waals surface area contributed by atoms with Crippen molar-refractivity contribution in [1.29, 1.82) is 0 Å². The van der Waals surface area contributed by atoms with Gasteiger partial charge < -0.3 is 10.1 Å². The number of morpholine rings is 1. The Bertz CT molecular complexity index is 417. The van der Waals surface area contributed by atoms with E-state index in [1.807, 2.05) is 0 Å². The molecular weight excluding hydrogens is 236 g/mol. The van der Waals surface area contributed by atoms with Crippen molar-refractivity contribution in [3.8, 4) is 0 Å². The lowest BCUT2D eigenvalue weighted by Crippen LogP contribution is -2.48. The summed E-state index contributed by atoms with van der Waals surface area (Å²) in [5.41, 5.74) is 3.89. The average Bonchev–Trinajstić information content (AvgIpc) is 2.41. The molecule has 0 aliphatic carbocycles. The molecule has 0 aromatic heterocycles. The number of hydrogen-bond donors (Lipinski definition) is 1. The van der Waals surface area contributed by atoms with Crippen LogP contribution in [0.25, 0.3) is 0 Å². The number of nitrogens with one attached hydrogen (secondary N) is 1. The van der Waals surface area contributed by atoms with Crippen molar-refractivity contribution in [2.75, 3.05) is 31.6 Å². The van der Waals surface area contributed by atoms with Gasteiger partial charge in [0.05, 0.1) is 12.7 Å². The van der Waals surface area contributed by atoms with E-state index in [0.29, 0.717) is 6.04 Å². The van der Waals surface area contributed by atoms with E-state index in [-0.39, 0.29) is 6.10 Å². The average molecular weight is 262 g/mol. The van der Waals surface area contributed by atoms with Gasteiger partial charge in [0.15, 0.2) is 0 Å². The second kappa shape index (κ2) is 6.40. The van der Waals surface area contributed by atoms with Crippen LogP contribution in [0.3, 0.4) is 0 Å². The highest BCUT2D eigenvalue weighted by Gasteiger charge is 2.21. The van der Waals surface area contributed by atoms with Crippen molar-refractivity contribution in [3.05, 3.63) is 29.3 Å². The number of rotatable bonds is 4. The van der Waals surface area contributed by atoms with Crippen LogP contribution in [0.2, 0.25) is 0 Å². The van der Waals surface area contributed by atoms with E-state index in [9.17, 15) is 0 Å². The number of anilines is 1. The van der Waals surface area contributed by atoms with Crippen LogP contribution in [-0.4, -0.2) is 43.3 Å². The van der Waals surface area contributed by atoms with E-state index in [1.165, 1.54) is 16.8 Å². The summed E-state index contributed by atoms with van der Waals surface area (Å²) in [6.07, 6.45) is 0.288. The molecule has 3 nitrogen and oxygen atoms in total. The van der Waals surface area contributed by atoms with Gasteiger partial charge in [-0.25, -0.2) is 0 Å². The monoisotopic (exact) mass is 262 g/mol. The van der Waals surface area contributed by atoms with Gasteiger partial charge in [0.25, 0.3) is 0 Å². The van der Waals surface area contributed by atoms with E-state index in [2.05, 4.69) is 56.1 Å². The molecule has 0 radical (unpaired) electrons. The first kappa shape index (κ1) is 14.4. The molecule has 1 aromatic carbocycles. The Balaban J connectivity index is 1.90. The third-order valence-electron chi connectivity index (χ3n) is 4.03. The van der Waals surface area contributed by atoms with Gasteiger partial charge in [0.2, 0.25) is 0 Å². The highest BCUT2D eigenvalue weighted by atomic mass is 16.5. The van der Waals surface area contributed by atoms with E-state index in [4.69, 9.17) is 4.74 Å². The Morgan fingerprint density at radius 2 is 2.16 bits per heavy atom. The SMILES string of the molecule is Cc1cccc(NCC2CN(C(C)C)CCO2)c1C. The first-order chi connectivity index (χ1) is 9.08. The summed E-state index contributed by atoms with van der Waals surface area (Å²) in [5, 5.41) is 3.53. The Labute approximate surface area is 116 Å². The Morgan fingerprint density at radius 1 is 1.37 bits per heavy atom. The molecule has 0 amide bonds. The van der Waals surface area contributed by atoms with Crippen LogP contribution in [0.5, 0.6) is 0 Å². The first-order valence-electron chi connectivity index (χ1n) is 7.23. The maximum absolute atomic E-state index is 5.85. The van der Waals surface area contributed by atoms with Gasteiger partial charge in [-0.1, -0.05) is 12.1 Å². The van der Waals surface area contributed by atoms with Crippen LogP contribution in [0.15, 0.2) is 18.2 Å². The van der Waals surface area contributed by atoms with Crippen LogP contribution < -0.4 is 5.32 Å². The predicted octanol–water partition coefficient (Wildman–Crippen LogP) is 2.82. The minimum absolute atomic E-state index is 0.288. The molecule has 1 fully saturated rings. The zero-order valence-electron chi connectivity index (χ0n) is 12.6. The first-order valence-corrected chi connectivity index (χ1v) is 7.23. The lowest BCUT2D eigenvalue weighted by atomic mass is 10.1. The number of ether oxygens (including phenoxy) is 1. The maximum Gasteiger partial charge on any atom is 0.0874 e. The summed E-state index contributed by atoms with van der Waals surface area (Å²) in [4.78, 5) is 2.49. The quantitative estimate of drug-likeness (QED) is 0.903. The van der Waals surface area contributed by atoms with Crippen molar-refractivity contribution in [2.24, 2.45) is 0 Å². The lowest BCUT2D eigenvalue weighted by Gasteiger charge is -2.35.